The summed E-state index contributed by atoms with van der Waals surface area (Å²) >= 11 is 0. The lowest BCUT2D eigenvalue weighted by Crippen LogP contribution is -2.62. The number of fused-ring (bicyclic) bond motifs is 1. The van der Waals surface area contributed by atoms with E-state index in [0.29, 0.717) is 25.2 Å². The van der Waals surface area contributed by atoms with Crippen LogP contribution in [-0.2, 0) is 41.6 Å². The van der Waals surface area contributed by atoms with Crippen molar-refractivity contribution in [1.82, 2.24) is 31.2 Å². The number of benzene rings is 2. The number of aliphatic imine (C=N–C) groups is 1. The molecule has 2 atom stereocenters. The van der Waals surface area contributed by atoms with Gasteiger partial charge in [0.25, 0.3) is 0 Å². The number of carbonyl (C=O) groups excluding carboxylic acids is 5. The Morgan fingerprint density at radius 2 is 1.78 bits per heavy atom. The van der Waals surface area contributed by atoms with Crippen molar-refractivity contribution in [2.24, 2.45) is 4.99 Å². The highest BCUT2D eigenvalue weighted by atomic mass is 16.5. The van der Waals surface area contributed by atoms with Crippen LogP contribution in [0, 0.1) is 0 Å². The first kappa shape index (κ1) is 35.1. The van der Waals surface area contributed by atoms with E-state index in [-0.39, 0.29) is 44.8 Å². The number of carbonyl (C=O) groups is 5. The zero-order chi connectivity index (χ0) is 34.8. The lowest BCUT2D eigenvalue weighted by Gasteiger charge is -2.36. The Bertz CT molecular complexity index is 1710. The van der Waals surface area contributed by atoms with Gasteiger partial charge in [0.05, 0.1) is 19.0 Å². The van der Waals surface area contributed by atoms with Gasteiger partial charge < -0.3 is 30.9 Å². The first-order valence-corrected chi connectivity index (χ1v) is 16.6. The number of aromatic nitrogens is 1. The van der Waals surface area contributed by atoms with Crippen LogP contribution in [0.15, 0.2) is 72.0 Å². The molecule has 2 aliphatic rings. The Morgan fingerprint density at radius 1 is 1.00 bits per heavy atom. The number of hydrogen-bond acceptors (Lipinski definition) is 8. The van der Waals surface area contributed by atoms with Gasteiger partial charge in [-0.1, -0.05) is 48.5 Å². The van der Waals surface area contributed by atoms with Crippen LogP contribution >= 0.6 is 0 Å². The quantitative estimate of drug-likeness (QED) is 0.238. The molecule has 4 N–H and O–H groups in total. The number of hydrogen-bond donors (Lipinski definition) is 4. The summed E-state index contributed by atoms with van der Waals surface area (Å²) in [6.07, 6.45) is 4.48. The highest BCUT2D eigenvalue weighted by Gasteiger charge is 2.41. The summed E-state index contributed by atoms with van der Waals surface area (Å²) < 4.78 is 5.47. The van der Waals surface area contributed by atoms with Crippen molar-refractivity contribution in [2.45, 2.75) is 63.1 Å². The summed E-state index contributed by atoms with van der Waals surface area (Å²) in [4.78, 5) is 76.2. The van der Waals surface area contributed by atoms with Crippen molar-refractivity contribution in [1.29, 1.82) is 0 Å². The van der Waals surface area contributed by atoms with Crippen molar-refractivity contribution >= 4 is 46.1 Å². The van der Waals surface area contributed by atoms with Crippen molar-refractivity contribution in [3.05, 3.63) is 78.1 Å². The van der Waals surface area contributed by atoms with E-state index in [9.17, 15) is 24.0 Å². The second-order valence-corrected chi connectivity index (χ2v) is 12.4. The van der Waals surface area contributed by atoms with Gasteiger partial charge in [0.15, 0.2) is 0 Å². The number of nitrogens with one attached hydrogen (secondary N) is 4. The van der Waals surface area contributed by atoms with Crippen LogP contribution in [-0.4, -0.2) is 96.2 Å². The maximum atomic E-state index is 13.5. The summed E-state index contributed by atoms with van der Waals surface area (Å²) in [7, 11) is 1.79. The molecule has 13 nitrogen and oxygen atoms in total. The molecule has 5 amide bonds. The molecule has 1 fully saturated rings. The fourth-order valence-electron chi connectivity index (χ4n) is 6.07. The van der Waals surface area contributed by atoms with Crippen LogP contribution in [0.2, 0.25) is 0 Å². The molecule has 0 radical (unpaired) electrons. The topological polar surface area (TPSA) is 171 Å². The molecule has 0 aliphatic carbocycles. The second-order valence-electron chi connectivity index (χ2n) is 12.4. The smallest absolute Gasteiger partial charge is 0.250 e. The monoisotopic (exact) mass is 669 g/mol. The molecule has 13 heteroatoms. The minimum Gasteiger partial charge on any atom is -0.381 e. The summed E-state index contributed by atoms with van der Waals surface area (Å²) in [5.74, 6) is -2.14. The fourth-order valence-corrected chi connectivity index (χ4v) is 6.07. The van der Waals surface area contributed by atoms with E-state index >= 15 is 0 Å². The van der Waals surface area contributed by atoms with E-state index in [4.69, 9.17) is 4.74 Å². The van der Waals surface area contributed by atoms with Gasteiger partial charge in [-0.05, 0) is 41.3 Å². The minimum absolute atomic E-state index is 0.180. The van der Waals surface area contributed by atoms with E-state index in [0.717, 1.165) is 21.9 Å². The molecule has 0 bridgehead atoms. The number of pyridine rings is 1. The van der Waals surface area contributed by atoms with Crippen molar-refractivity contribution in [3.8, 4) is 0 Å². The van der Waals surface area contributed by atoms with Gasteiger partial charge in [-0.3, -0.25) is 29.0 Å². The van der Waals surface area contributed by atoms with Gasteiger partial charge in [-0.15, -0.1) is 0 Å². The fraction of sp³-hybridized carbons (Fsp3) is 0.417. The Balaban J connectivity index is 1.18. The van der Waals surface area contributed by atoms with Crippen LogP contribution in [0.4, 0.5) is 0 Å². The molecular formula is C36H43N7O6. The first-order chi connectivity index (χ1) is 23.7. The number of ether oxygens (including phenoxy) is 1. The summed E-state index contributed by atoms with van der Waals surface area (Å²) in [5.41, 5.74) is 0.599. The van der Waals surface area contributed by atoms with Crippen LogP contribution in [0.5, 0.6) is 0 Å². The van der Waals surface area contributed by atoms with Gasteiger partial charge in [-0.2, -0.15) is 4.99 Å². The van der Waals surface area contributed by atoms with E-state index < -0.39 is 47.8 Å². The SMILES string of the molecule is CCN(C)C1=NC(=O)CC(NC(=O)CNC(=O)C2(NC(=O)CCc3ccc4ccccc4c3)CCOCC2)C(=O)N[C@H]1Cc1cccnc1. The van der Waals surface area contributed by atoms with Crippen molar-refractivity contribution in [2.75, 3.05) is 33.4 Å². The Morgan fingerprint density at radius 3 is 2.51 bits per heavy atom. The predicted molar refractivity (Wildman–Crippen MR) is 183 cm³/mol. The highest BCUT2D eigenvalue weighted by Crippen LogP contribution is 2.22. The minimum atomic E-state index is -1.25. The number of amidine groups is 1. The molecule has 0 spiro atoms. The molecule has 49 heavy (non-hydrogen) atoms. The molecule has 1 saturated heterocycles. The van der Waals surface area contributed by atoms with Gasteiger partial charge >= 0.3 is 0 Å². The number of likely N-dealkylation sites (N-methyl/N-ethyl adjacent to an activating group) is 1. The average Bonchev–Trinajstić information content (AvgIpc) is 3.11. The van der Waals surface area contributed by atoms with Gasteiger partial charge in [0.1, 0.15) is 17.4 Å². The van der Waals surface area contributed by atoms with Gasteiger partial charge in [0.2, 0.25) is 29.5 Å². The summed E-state index contributed by atoms with van der Waals surface area (Å²) in [6, 6.07) is 15.9. The molecule has 1 unspecified atom stereocenters. The van der Waals surface area contributed by atoms with Crippen LogP contribution in [0.3, 0.4) is 0 Å². The van der Waals surface area contributed by atoms with Crippen molar-refractivity contribution < 1.29 is 28.7 Å². The third-order valence-corrected chi connectivity index (χ3v) is 8.95. The second kappa shape index (κ2) is 16.3. The number of rotatable bonds is 11. The molecule has 1 aromatic heterocycles. The van der Waals surface area contributed by atoms with E-state index in [2.05, 4.69) is 37.3 Å². The zero-order valence-electron chi connectivity index (χ0n) is 27.9. The highest BCUT2D eigenvalue weighted by molar-refractivity contribution is 6.04. The molecule has 3 heterocycles. The first-order valence-electron chi connectivity index (χ1n) is 16.6. The summed E-state index contributed by atoms with van der Waals surface area (Å²) in [6.45, 7) is 2.55. The molecule has 5 rings (SSSR count). The summed E-state index contributed by atoms with van der Waals surface area (Å²) in [5, 5.41) is 13.3. The number of nitrogens with zero attached hydrogens (tertiary/aromatic N) is 3. The van der Waals surface area contributed by atoms with Crippen LogP contribution in [0.1, 0.15) is 43.7 Å². The molecule has 3 aromatic rings. The molecule has 0 saturated carbocycles. The Kier molecular flexibility index (Phi) is 11.7. The van der Waals surface area contributed by atoms with Gasteiger partial charge in [-0.25, -0.2) is 0 Å². The average molecular weight is 670 g/mol. The standard InChI is InChI=1S/C36H43N7O6/c1-3-43(2)33-28(20-25-7-6-16-37-22-25)40-34(47)29(21-31(45)41-33)39-32(46)23-38-35(48)36(14-17-49-18-15-36)42-30(44)13-11-24-10-12-26-8-4-5-9-27(26)19-24/h4-10,12,16,19,22,28-29H,3,11,13-15,17-18,20-21,23H2,1-2H3,(H,38,48)(H,39,46)(H,40,47)(H,42,44)/t28-,29?/m0/s1. The van der Waals surface area contributed by atoms with E-state index in [1.807, 2.05) is 49.4 Å². The van der Waals surface area contributed by atoms with Crippen molar-refractivity contribution in [3.63, 3.8) is 0 Å². The normalized spacial score (nSPS) is 19.1. The maximum Gasteiger partial charge on any atom is 0.250 e. The maximum absolute atomic E-state index is 13.5. The van der Waals surface area contributed by atoms with Crippen LogP contribution < -0.4 is 21.3 Å². The molecule has 2 aromatic carbocycles. The van der Waals surface area contributed by atoms with Gasteiger partial charge in [0, 0.05) is 64.9 Å². The van der Waals surface area contributed by atoms with Crippen LogP contribution in [0.25, 0.3) is 10.8 Å². The molecule has 2 aliphatic heterocycles. The largest absolute Gasteiger partial charge is 0.381 e. The lowest BCUT2D eigenvalue weighted by atomic mass is 9.88. The zero-order valence-corrected chi connectivity index (χ0v) is 27.9. The molecule has 258 valence electrons. The third kappa shape index (κ3) is 9.26. The van der Waals surface area contributed by atoms with E-state index in [1.165, 1.54) is 0 Å². The number of aryl methyl sites for hydroxylation is 1. The lowest BCUT2D eigenvalue weighted by molar-refractivity contribution is -0.138. The number of amides is 5. The Hall–Kier alpha value is -5.17. The molecular weight excluding hydrogens is 626 g/mol. The predicted octanol–water partition coefficient (Wildman–Crippen LogP) is 1.44. The Labute approximate surface area is 285 Å². The third-order valence-electron chi connectivity index (χ3n) is 8.95. The van der Waals surface area contributed by atoms with E-state index in [1.54, 1.807) is 30.4 Å².